The number of hydrogen-bond acceptors (Lipinski definition) is 4. The smallest absolute Gasteiger partial charge is 0.338 e. The quantitative estimate of drug-likeness (QED) is 0.463. The molecule has 0 unspecified atom stereocenters. The zero-order valence-corrected chi connectivity index (χ0v) is 17.5. The van der Waals surface area contributed by atoms with E-state index in [0.717, 1.165) is 33.4 Å². The Bertz CT molecular complexity index is 1300. The van der Waals surface area contributed by atoms with E-state index in [-0.39, 0.29) is 12.0 Å². The van der Waals surface area contributed by atoms with Crippen LogP contribution in [-0.4, -0.2) is 22.1 Å². The number of esters is 1. The Morgan fingerprint density at radius 1 is 1.00 bits per heavy atom. The van der Waals surface area contributed by atoms with Crippen molar-refractivity contribution in [2.75, 3.05) is 11.9 Å². The van der Waals surface area contributed by atoms with E-state index in [4.69, 9.17) is 9.72 Å². The van der Waals surface area contributed by atoms with Crippen LogP contribution in [0, 0.1) is 6.92 Å². The Morgan fingerprint density at radius 2 is 1.71 bits per heavy atom. The maximum atomic E-state index is 13.4. The topological polar surface area (TPSA) is 56.1 Å². The van der Waals surface area contributed by atoms with Crippen molar-refractivity contribution in [2.24, 2.45) is 0 Å². The molecule has 5 rings (SSSR count). The number of aryl methyl sites for hydroxylation is 1. The molecule has 0 radical (unpaired) electrons. The molecule has 2 heterocycles. The molecule has 0 fully saturated rings. The second-order valence-corrected chi connectivity index (χ2v) is 7.55. The Hall–Kier alpha value is -3.86. The van der Waals surface area contributed by atoms with Gasteiger partial charge in [0.2, 0.25) is 5.95 Å². The van der Waals surface area contributed by atoms with Crippen LogP contribution in [0.2, 0.25) is 0 Å². The predicted molar refractivity (Wildman–Crippen MR) is 123 cm³/mol. The van der Waals surface area contributed by atoms with Crippen LogP contribution in [-0.2, 0) is 9.53 Å². The Kier molecular flexibility index (Phi) is 4.79. The summed E-state index contributed by atoms with van der Waals surface area (Å²) in [7, 11) is 0. The van der Waals surface area contributed by atoms with Crippen molar-refractivity contribution in [1.29, 1.82) is 0 Å². The van der Waals surface area contributed by atoms with Crippen LogP contribution in [0.25, 0.3) is 16.7 Å². The van der Waals surface area contributed by atoms with E-state index in [2.05, 4.69) is 28.9 Å². The van der Waals surface area contributed by atoms with E-state index in [1.54, 1.807) is 0 Å². The Balaban J connectivity index is 1.86. The summed E-state index contributed by atoms with van der Waals surface area (Å²) in [5.41, 5.74) is 6.22. The van der Waals surface area contributed by atoms with Gasteiger partial charge in [-0.1, -0.05) is 66.7 Å². The molecule has 154 valence electrons. The normalized spacial score (nSPS) is 15.5. The lowest BCUT2D eigenvalue weighted by Gasteiger charge is -2.32. The molecule has 1 aromatic heterocycles. The second kappa shape index (κ2) is 7.76. The molecular weight excluding hydrogens is 386 g/mol. The summed E-state index contributed by atoms with van der Waals surface area (Å²) in [6.45, 7) is 4.21. The van der Waals surface area contributed by atoms with Crippen molar-refractivity contribution in [3.8, 4) is 0 Å². The Labute approximate surface area is 181 Å². The van der Waals surface area contributed by atoms with Crippen LogP contribution in [0.4, 0.5) is 5.95 Å². The number of rotatable bonds is 4. The van der Waals surface area contributed by atoms with Gasteiger partial charge in [-0.3, -0.25) is 4.57 Å². The fraction of sp³-hybridized carbons (Fsp3) is 0.154. The van der Waals surface area contributed by atoms with E-state index in [1.165, 1.54) is 0 Å². The van der Waals surface area contributed by atoms with Crippen LogP contribution in [0.5, 0.6) is 0 Å². The largest absolute Gasteiger partial charge is 0.463 e. The number of hydrogen-bond donors (Lipinski definition) is 1. The molecule has 0 saturated heterocycles. The van der Waals surface area contributed by atoms with Gasteiger partial charge >= 0.3 is 5.97 Å². The molecule has 1 atom stereocenters. The third kappa shape index (κ3) is 3.19. The first-order valence-electron chi connectivity index (χ1n) is 10.4. The molecule has 1 aliphatic rings. The minimum Gasteiger partial charge on any atom is -0.463 e. The minimum atomic E-state index is -0.362. The van der Waals surface area contributed by atoms with Crippen molar-refractivity contribution in [3.05, 3.63) is 101 Å². The fourth-order valence-electron chi connectivity index (χ4n) is 4.28. The zero-order valence-electron chi connectivity index (χ0n) is 17.5. The maximum absolute atomic E-state index is 13.4. The zero-order chi connectivity index (χ0) is 21.4. The molecular formula is C26H23N3O2. The predicted octanol–water partition coefficient (Wildman–Crippen LogP) is 5.33. The third-order valence-corrected chi connectivity index (χ3v) is 5.67. The number of anilines is 1. The SMILES string of the molecule is CCOC(=O)C1=C(c2ccccc2)Nc2nc3ccccc3n2[C@H]1c1ccccc1C. The lowest BCUT2D eigenvalue weighted by molar-refractivity contribution is -0.138. The fourth-order valence-corrected chi connectivity index (χ4v) is 4.28. The summed E-state index contributed by atoms with van der Waals surface area (Å²) in [6.07, 6.45) is 0. The van der Waals surface area contributed by atoms with Crippen LogP contribution < -0.4 is 5.32 Å². The lowest BCUT2D eigenvalue weighted by Crippen LogP contribution is -2.29. The van der Waals surface area contributed by atoms with Gasteiger partial charge in [-0.2, -0.15) is 0 Å². The summed E-state index contributed by atoms with van der Waals surface area (Å²) in [4.78, 5) is 18.2. The van der Waals surface area contributed by atoms with E-state index < -0.39 is 0 Å². The number of ether oxygens (including phenoxy) is 1. The molecule has 3 aromatic carbocycles. The van der Waals surface area contributed by atoms with E-state index in [0.29, 0.717) is 18.1 Å². The van der Waals surface area contributed by atoms with Gasteiger partial charge in [0.25, 0.3) is 0 Å². The number of imidazole rings is 1. The highest BCUT2D eigenvalue weighted by Gasteiger charge is 2.37. The van der Waals surface area contributed by atoms with Crippen molar-refractivity contribution in [3.63, 3.8) is 0 Å². The molecule has 5 heteroatoms. The van der Waals surface area contributed by atoms with Crippen molar-refractivity contribution >= 4 is 28.6 Å². The van der Waals surface area contributed by atoms with Crippen LogP contribution in [0.3, 0.4) is 0 Å². The van der Waals surface area contributed by atoms with E-state index in [1.807, 2.05) is 73.7 Å². The van der Waals surface area contributed by atoms with Gasteiger partial charge in [0.15, 0.2) is 0 Å². The molecule has 0 spiro atoms. The number of nitrogens with one attached hydrogen (secondary N) is 1. The van der Waals surface area contributed by atoms with Gasteiger partial charge in [0.1, 0.15) is 0 Å². The molecule has 1 N–H and O–H groups in total. The van der Waals surface area contributed by atoms with Crippen LogP contribution >= 0.6 is 0 Å². The van der Waals surface area contributed by atoms with Crippen molar-refractivity contribution in [1.82, 2.24) is 9.55 Å². The summed E-state index contributed by atoms with van der Waals surface area (Å²) in [5.74, 6) is 0.381. The van der Waals surface area contributed by atoms with Gasteiger partial charge in [0, 0.05) is 0 Å². The van der Waals surface area contributed by atoms with Gasteiger partial charge in [-0.15, -0.1) is 0 Å². The molecule has 4 aromatic rings. The number of benzene rings is 3. The first kappa shape index (κ1) is 19.1. The number of para-hydroxylation sites is 2. The summed E-state index contributed by atoms with van der Waals surface area (Å²) in [6, 6.07) is 25.7. The number of nitrogens with zero attached hydrogens (tertiary/aromatic N) is 2. The van der Waals surface area contributed by atoms with Crippen molar-refractivity contribution in [2.45, 2.75) is 19.9 Å². The molecule has 5 nitrogen and oxygen atoms in total. The average Bonchev–Trinajstić information content (AvgIpc) is 3.17. The average molecular weight is 409 g/mol. The summed E-state index contributed by atoms with van der Waals surface area (Å²) >= 11 is 0. The third-order valence-electron chi connectivity index (χ3n) is 5.67. The lowest BCUT2D eigenvalue weighted by atomic mass is 9.90. The van der Waals surface area contributed by atoms with Crippen LogP contribution in [0.15, 0.2) is 84.4 Å². The van der Waals surface area contributed by atoms with E-state index in [9.17, 15) is 4.79 Å². The Morgan fingerprint density at radius 3 is 2.48 bits per heavy atom. The molecule has 0 amide bonds. The van der Waals surface area contributed by atoms with Gasteiger partial charge in [-0.05, 0) is 42.7 Å². The number of carbonyl (C=O) groups excluding carboxylic acids is 1. The second-order valence-electron chi connectivity index (χ2n) is 7.55. The highest BCUT2D eigenvalue weighted by atomic mass is 16.5. The summed E-state index contributed by atoms with van der Waals surface area (Å²) < 4.78 is 7.67. The van der Waals surface area contributed by atoms with Gasteiger partial charge in [0.05, 0.1) is 35.0 Å². The number of fused-ring (bicyclic) bond motifs is 3. The molecule has 1 aliphatic heterocycles. The standard InChI is InChI=1S/C26H23N3O2/c1-3-31-25(30)22-23(18-12-5-4-6-13-18)28-26-27-20-15-9-10-16-21(20)29(26)24(22)19-14-8-7-11-17(19)2/h4-16,24H,3H2,1-2H3,(H,27,28)/t24-/m0/s1. The monoisotopic (exact) mass is 409 g/mol. The van der Waals surface area contributed by atoms with Gasteiger partial charge in [-0.25, -0.2) is 9.78 Å². The highest BCUT2D eigenvalue weighted by molar-refractivity contribution is 6.03. The maximum Gasteiger partial charge on any atom is 0.338 e. The minimum absolute atomic E-state index is 0.308. The molecule has 0 aliphatic carbocycles. The number of aromatic nitrogens is 2. The molecule has 31 heavy (non-hydrogen) atoms. The van der Waals surface area contributed by atoms with Crippen LogP contribution in [0.1, 0.15) is 29.7 Å². The first-order valence-corrected chi connectivity index (χ1v) is 10.4. The molecule has 0 saturated carbocycles. The first-order chi connectivity index (χ1) is 15.2. The van der Waals surface area contributed by atoms with Gasteiger partial charge < -0.3 is 10.1 Å². The highest BCUT2D eigenvalue weighted by Crippen LogP contribution is 2.43. The number of carbonyl (C=O) groups is 1. The van der Waals surface area contributed by atoms with Crippen molar-refractivity contribution < 1.29 is 9.53 Å². The summed E-state index contributed by atoms with van der Waals surface area (Å²) in [5, 5.41) is 3.44. The molecule has 0 bridgehead atoms. The van der Waals surface area contributed by atoms with E-state index >= 15 is 0 Å².